The molecule has 0 radical (unpaired) electrons. The number of hydrogen-bond acceptors (Lipinski definition) is 2. The Kier molecular flexibility index (Phi) is 5.22. The van der Waals surface area contributed by atoms with Gasteiger partial charge in [0.2, 0.25) is 5.91 Å². The first-order valence-corrected chi connectivity index (χ1v) is 5.88. The SMILES string of the molecule is CCN(C)C(=O)CNC(C)c1ccc(F)c(F)c1. The fraction of sp³-hybridized carbons (Fsp3) is 0.462. The van der Waals surface area contributed by atoms with Crippen molar-refractivity contribution in [2.45, 2.75) is 19.9 Å². The molecular formula is C13H18F2N2O. The van der Waals surface area contributed by atoms with Gasteiger partial charge in [0.05, 0.1) is 6.54 Å². The third kappa shape index (κ3) is 3.77. The quantitative estimate of drug-likeness (QED) is 0.875. The number of hydrogen-bond donors (Lipinski definition) is 1. The Hall–Kier alpha value is -1.49. The van der Waals surface area contributed by atoms with Crippen LogP contribution < -0.4 is 5.32 Å². The molecule has 0 bridgehead atoms. The van der Waals surface area contributed by atoms with Gasteiger partial charge in [-0.2, -0.15) is 0 Å². The zero-order chi connectivity index (χ0) is 13.7. The second-order valence-electron chi connectivity index (χ2n) is 4.18. The summed E-state index contributed by atoms with van der Waals surface area (Å²) in [5, 5.41) is 2.98. The molecule has 0 fully saturated rings. The van der Waals surface area contributed by atoms with Crippen molar-refractivity contribution >= 4 is 5.91 Å². The van der Waals surface area contributed by atoms with Crippen molar-refractivity contribution in [3.63, 3.8) is 0 Å². The molecule has 0 saturated heterocycles. The first-order valence-electron chi connectivity index (χ1n) is 5.88. The summed E-state index contributed by atoms with van der Waals surface area (Å²) >= 11 is 0. The lowest BCUT2D eigenvalue weighted by Crippen LogP contribution is -2.36. The molecule has 18 heavy (non-hydrogen) atoms. The summed E-state index contributed by atoms with van der Waals surface area (Å²) in [7, 11) is 1.71. The number of halogens is 2. The van der Waals surface area contributed by atoms with E-state index in [1.807, 2.05) is 6.92 Å². The highest BCUT2D eigenvalue weighted by molar-refractivity contribution is 5.77. The smallest absolute Gasteiger partial charge is 0.236 e. The molecule has 1 unspecified atom stereocenters. The second kappa shape index (κ2) is 6.44. The number of likely N-dealkylation sites (N-methyl/N-ethyl adjacent to an activating group) is 1. The van der Waals surface area contributed by atoms with E-state index in [4.69, 9.17) is 0 Å². The van der Waals surface area contributed by atoms with Crippen molar-refractivity contribution in [1.29, 1.82) is 0 Å². The molecule has 0 aliphatic carbocycles. The van der Waals surface area contributed by atoms with Crippen LogP contribution >= 0.6 is 0 Å². The summed E-state index contributed by atoms with van der Waals surface area (Å²) in [4.78, 5) is 13.1. The molecule has 1 aromatic rings. The lowest BCUT2D eigenvalue weighted by molar-refractivity contribution is -0.128. The molecule has 1 amide bonds. The molecule has 3 nitrogen and oxygen atoms in total. The summed E-state index contributed by atoms with van der Waals surface area (Å²) in [6.45, 7) is 4.49. The number of carbonyl (C=O) groups excluding carboxylic acids is 1. The van der Waals surface area contributed by atoms with Gasteiger partial charge in [0.15, 0.2) is 11.6 Å². The van der Waals surface area contributed by atoms with Gasteiger partial charge in [-0.1, -0.05) is 6.07 Å². The maximum Gasteiger partial charge on any atom is 0.236 e. The zero-order valence-electron chi connectivity index (χ0n) is 10.8. The van der Waals surface area contributed by atoms with Crippen LogP contribution in [0.15, 0.2) is 18.2 Å². The molecule has 0 aliphatic rings. The number of amides is 1. The van der Waals surface area contributed by atoms with Gasteiger partial charge in [-0.25, -0.2) is 8.78 Å². The van der Waals surface area contributed by atoms with E-state index in [1.54, 1.807) is 18.9 Å². The van der Waals surface area contributed by atoms with Gasteiger partial charge in [-0.3, -0.25) is 4.79 Å². The largest absolute Gasteiger partial charge is 0.345 e. The summed E-state index contributed by atoms with van der Waals surface area (Å²) < 4.78 is 25.8. The van der Waals surface area contributed by atoms with E-state index in [-0.39, 0.29) is 18.5 Å². The summed E-state index contributed by atoms with van der Waals surface area (Å²) in [6, 6.07) is 3.52. The van der Waals surface area contributed by atoms with Crippen molar-refractivity contribution in [2.24, 2.45) is 0 Å². The predicted molar refractivity (Wildman–Crippen MR) is 66.1 cm³/mol. The Balaban J connectivity index is 2.57. The highest BCUT2D eigenvalue weighted by Gasteiger charge is 2.11. The Morgan fingerprint density at radius 2 is 2.06 bits per heavy atom. The number of rotatable bonds is 5. The van der Waals surface area contributed by atoms with E-state index in [0.29, 0.717) is 12.1 Å². The topological polar surface area (TPSA) is 32.3 Å². The Labute approximate surface area is 106 Å². The van der Waals surface area contributed by atoms with Crippen LogP contribution in [-0.4, -0.2) is 30.9 Å². The Morgan fingerprint density at radius 3 is 2.61 bits per heavy atom. The fourth-order valence-corrected chi connectivity index (χ4v) is 1.45. The van der Waals surface area contributed by atoms with Crippen molar-refractivity contribution in [1.82, 2.24) is 10.2 Å². The normalized spacial score (nSPS) is 12.3. The highest BCUT2D eigenvalue weighted by atomic mass is 19.2. The van der Waals surface area contributed by atoms with Crippen LogP contribution in [0.4, 0.5) is 8.78 Å². The number of nitrogens with one attached hydrogen (secondary N) is 1. The van der Waals surface area contributed by atoms with E-state index in [2.05, 4.69) is 5.32 Å². The van der Waals surface area contributed by atoms with E-state index < -0.39 is 11.6 Å². The van der Waals surface area contributed by atoms with Crippen molar-refractivity contribution in [3.8, 4) is 0 Å². The second-order valence-corrected chi connectivity index (χ2v) is 4.18. The Bertz CT molecular complexity index is 423. The van der Waals surface area contributed by atoms with E-state index in [9.17, 15) is 13.6 Å². The van der Waals surface area contributed by atoms with Crippen LogP contribution in [0.3, 0.4) is 0 Å². The van der Waals surface area contributed by atoms with E-state index in [1.165, 1.54) is 6.07 Å². The monoisotopic (exact) mass is 256 g/mol. The van der Waals surface area contributed by atoms with Crippen LogP contribution in [0.2, 0.25) is 0 Å². The third-order valence-electron chi connectivity index (χ3n) is 2.90. The van der Waals surface area contributed by atoms with Crippen LogP contribution in [-0.2, 0) is 4.79 Å². The van der Waals surface area contributed by atoms with Gasteiger partial charge in [0, 0.05) is 19.6 Å². The molecule has 0 saturated carbocycles. The molecule has 0 aromatic heterocycles. The van der Waals surface area contributed by atoms with Crippen molar-refractivity contribution in [2.75, 3.05) is 20.1 Å². The minimum Gasteiger partial charge on any atom is -0.345 e. The average Bonchev–Trinajstić information content (AvgIpc) is 2.37. The van der Waals surface area contributed by atoms with Gasteiger partial charge < -0.3 is 10.2 Å². The molecule has 1 aromatic carbocycles. The molecule has 0 spiro atoms. The predicted octanol–water partition coefficient (Wildman–Crippen LogP) is 2.09. The summed E-state index contributed by atoms with van der Waals surface area (Å²) in [5.74, 6) is -1.78. The minimum atomic E-state index is -0.877. The first kappa shape index (κ1) is 14.6. The first-order chi connectivity index (χ1) is 8.45. The number of benzene rings is 1. The fourth-order valence-electron chi connectivity index (χ4n) is 1.45. The molecule has 5 heteroatoms. The van der Waals surface area contributed by atoms with Gasteiger partial charge in [0.1, 0.15) is 0 Å². The molecule has 1 atom stereocenters. The van der Waals surface area contributed by atoms with Crippen molar-refractivity contribution in [3.05, 3.63) is 35.4 Å². The molecule has 100 valence electrons. The molecule has 0 heterocycles. The Morgan fingerprint density at radius 1 is 1.39 bits per heavy atom. The van der Waals surface area contributed by atoms with Crippen LogP contribution in [0.5, 0.6) is 0 Å². The lowest BCUT2D eigenvalue weighted by atomic mass is 10.1. The van der Waals surface area contributed by atoms with Crippen LogP contribution in [0, 0.1) is 11.6 Å². The van der Waals surface area contributed by atoms with Crippen molar-refractivity contribution < 1.29 is 13.6 Å². The number of carbonyl (C=O) groups is 1. The number of nitrogens with zero attached hydrogens (tertiary/aromatic N) is 1. The van der Waals surface area contributed by atoms with Gasteiger partial charge in [-0.15, -0.1) is 0 Å². The zero-order valence-corrected chi connectivity index (χ0v) is 10.8. The van der Waals surface area contributed by atoms with Gasteiger partial charge in [-0.05, 0) is 31.5 Å². The van der Waals surface area contributed by atoms with Crippen LogP contribution in [0.1, 0.15) is 25.5 Å². The maximum atomic E-state index is 13.0. The lowest BCUT2D eigenvalue weighted by Gasteiger charge is -2.18. The van der Waals surface area contributed by atoms with Crippen LogP contribution in [0.25, 0.3) is 0 Å². The summed E-state index contributed by atoms with van der Waals surface area (Å²) in [6.07, 6.45) is 0. The molecule has 1 N–H and O–H groups in total. The van der Waals surface area contributed by atoms with Gasteiger partial charge in [0.25, 0.3) is 0 Å². The molecule has 0 aliphatic heterocycles. The highest BCUT2D eigenvalue weighted by Crippen LogP contribution is 2.15. The van der Waals surface area contributed by atoms with E-state index >= 15 is 0 Å². The average molecular weight is 256 g/mol. The summed E-state index contributed by atoms with van der Waals surface area (Å²) in [5.41, 5.74) is 0.612. The van der Waals surface area contributed by atoms with E-state index in [0.717, 1.165) is 12.1 Å². The standard InChI is InChI=1S/C13H18F2N2O/c1-4-17(3)13(18)8-16-9(2)10-5-6-11(14)12(15)7-10/h5-7,9,16H,4,8H2,1-3H3. The molecular weight excluding hydrogens is 238 g/mol. The maximum absolute atomic E-state index is 13.0. The van der Waals surface area contributed by atoms with Gasteiger partial charge >= 0.3 is 0 Å². The minimum absolute atomic E-state index is 0.0352. The molecule has 1 rings (SSSR count). The third-order valence-corrected chi connectivity index (χ3v) is 2.90.